The lowest BCUT2D eigenvalue weighted by Gasteiger charge is -2.26. The van der Waals surface area contributed by atoms with Crippen LogP contribution in [0.3, 0.4) is 0 Å². The molecule has 32 heavy (non-hydrogen) atoms. The summed E-state index contributed by atoms with van der Waals surface area (Å²) in [6, 6.07) is 7.03. The maximum atomic E-state index is 14.4. The van der Waals surface area contributed by atoms with Gasteiger partial charge in [0.05, 0.1) is 19.1 Å². The van der Waals surface area contributed by atoms with Gasteiger partial charge in [-0.15, -0.1) is 0 Å². The van der Waals surface area contributed by atoms with Crippen LogP contribution in [0.15, 0.2) is 24.3 Å². The van der Waals surface area contributed by atoms with E-state index in [-0.39, 0.29) is 41.6 Å². The molecule has 2 amide bonds. The van der Waals surface area contributed by atoms with Crippen LogP contribution in [0.25, 0.3) is 0 Å². The first-order valence-electron chi connectivity index (χ1n) is 12.2. The maximum Gasteiger partial charge on any atom is 0.225 e. The van der Waals surface area contributed by atoms with E-state index in [9.17, 15) is 14.0 Å². The molecule has 0 aromatic heterocycles. The molecule has 5 rings (SSSR count). The molecule has 6 nitrogen and oxygen atoms in total. The summed E-state index contributed by atoms with van der Waals surface area (Å²) < 4.78 is 20.5. The van der Waals surface area contributed by atoms with Crippen molar-refractivity contribution in [3.8, 4) is 0 Å². The lowest BCUT2D eigenvalue weighted by molar-refractivity contribution is -0.133. The van der Waals surface area contributed by atoms with Crippen LogP contribution in [0.1, 0.15) is 44.1 Å². The minimum atomic E-state index is -0.194. The predicted molar refractivity (Wildman–Crippen MR) is 118 cm³/mol. The molecule has 0 radical (unpaired) electrons. The molecule has 4 fully saturated rings. The van der Waals surface area contributed by atoms with Gasteiger partial charge in [0.2, 0.25) is 11.8 Å². The highest BCUT2D eigenvalue weighted by Gasteiger charge is 2.51. The van der Waals surface area contributed by atoms with Gasteiger partial charge in [0.25, 0.3) is 0 Å². The van der Waals surface area contributed by atoms with Crippen molar-refractivity contribution >= 4 is 11.8 Å². The van der Waals surface area contributed by atoms with Crippen molar-refractivity contribution in [2.24, 2.45) is 11.8 Å². The molecular formula is C25H34FN3O3. The van der Waals surface area contributed by atoms with E-state index in [1.54, 1.807) is 6.07 Å². The van der Waals surface area contributed by atoms with Crippen LogP contribution >= 0.6 is 0 Å². The molecule has 0 unspecified atom stereocenters. The first-order valence-corrected chi connectivity index (χ1v) is 12.2. The molecule has 4 saturated heterocycles. The number of carbonyl (C=O) groups is 2. The number of amides is 2. The second-order valence-electron chi connectivity index (χ2n) is 9.88. The van der Waals surface area contributed by atoms with Crippen LogP contribution in [0.5, 0.6) is 0 Å². The van der Waals surface area contributed by atoms with Gasteiger partial charge in [0, 0.05) is 63.2 Å². The van der Waals surface area contributed by atoms with Crippen molar-refractivity contribution in [2.45, 2.75) is 57.2 Å². The number of halogens is 1. The quantitative estimate of drug-likeness (QED) is 0.678. The third-order valence-corrected chi connectivity index (χ3v) is 7.90. The van der Waals surface area contributed by atoms with Crippen LogP contribution in [0.2, 0.25) is 0 Å². The summed E-state index contributed by atoms with van der Waals surface area (Å²) in [4.78, 5) is 32.0. The van der Waals surface area contributed by atoms with E-state index in [1.807, 2.05) is 21.9 Å². The van der Waals surface area contributed by atoms with Crippen LogP contribution in [0, 0.1) is 17.7 Å². The normalized spacial score (nSPS) is 30.3. The fourth-order valence-electron chi connectivity index (χ4n) is 6.23. The van der Waals surface area contributed by atoms with Gasteiger partial charge in [0.1, 0.15) is 5.82 Å². The molecule has 0 aliphatic carbocycles. The van der Waals surface area contributed by atoms with Crippen LogP contribution in [-0.4, -0.2) is 78.0 Å². The topological polar surface area (TPSA) is 53.1 Å². The average molecular weight is 444 g/mol. The number of benzene rings is 1. The summed E-state index contributed by atoms with van der Waals surface area (Å²) in [5.41, 5.74) is 0.675. The highest BCUT2D eigenvalue weighted by atomic mass is 19.1. The predicted octanol–water partition coefficient (Wildman–Crippen LogP) is 2.67. The third-order valence-electron chi connectivity index (χ3n) is 7.90. The van der Waals surface area contributed by atoms with E-state index in [0.717, 1.165) is 58.4 Å². The Balaban J connectivity index is 1.32. The van der Waals surface area contributed by atoms with E-state index in [4.69, 9.17) is 4.74 Å². The molecule has 174 valence electrons. The molecule has 0 saturated carbocycles. The van der Waals surface area contributed by atoms with Gasteiger partial charge in [-0.25, -0.2) is 4.39 Å². The number of ether oxygens (including phenoxy) is 1. The molecule has 0 bridgehead atoms. The fourth-order valence-corrected chi connectivity index (χ4v) is 6.23. The van der Waals surface area contributed by atoms with E-state index < -0.39 is 0 Å². The SMILES string of the molecule is O=C(C[C@@H]1CN(Cc2ccccc2F)[C@@H]2CO[C@@H](CC(=O)N3CCCC3)[C@H]12)N1CCCC1. The number of likely N-dealkylation sites (tertiary alicyclic amines) is 3. The molecular weight excluding hydrogens is 409 g/mol. The summed E-state index contributed by atoms with van der Waals surface area (Å²) in [5, 5.41) is 0. The van der Waals surface area contributed by atoms with Gasteiger partial charge < -0.3 is 14.5 Å². The monoisotopic (exact) mass is 443 g/mol. The molecule has 7 heteroatoms. The number of carbonyl (C=O) groups excluding carboxylic acids is 2. The number of hydrogen-bond donors (Lipinski definition) is 0. The highest BCUT2D eigenvalue weighted by molar-refractivity contribution is 5.78. The Morgan fingerprint density at radius 3 is 2.22 bits per heavy atom. The van der Waals surface area contributed by atoms with Gasteiger partial charge in [-0.05, 0) is 37.7 Å². The van der Waals surface area contributed by atoms with Crippen LogP contribution in [0.4, 0.5) is 4.39 Å². The molecule has 0 spiro atoms. The number of rotatable bonds is 6. The van der Waals surface area contributed by atoms with Crippen molar-refractivity contribution in [1.29, 1.82) is 0 Å². The van der Waals surface area contributed by atoms with Crippen molar-refractivity contribution in [3.05, 3.63) is 35.6 Å². The average Bonchev–Trinajstić information content (AvgIpc) is 3.58. The second-order valence-corrected chi connectivity index (χ2v) is 9.88. The Labute approximate surface area is 189 Å². The van der Waals surface area contributed by atoms with Crippen molar-refractivity contribution in [1.82, 2.24) is 14.7 Å². The third kappa shape index (κ3) is 4.42. The van der Waals surface area contributed by atoms with E-state index in [1.165, 1.54) is 6.07 Å². The Morgan fingerprint density at radius 2 is 1.56 bits per heavy atom. The summed E-state index contributed by atoms with van der Waals surface area (Å²) in [6.45, 7) is 5.20. The minimum absolute atomic E-state index is 0.127. The minimum Gasteiger partial charge on any atom is -0.376 e. The van der Waals surface area contributed by atoms with Crippen molar-refractivity contribution in [2.75, 3.05) is 39.3 Å². The summed E-state index contributed by atoms with van der Waals surface area (Å²) in [5.74, 6) is 0.472. The number of nitrogens with zero attached hydrogens (tertiary/aromatic N) is 3. The van der Waals surface area contributed by atoms with Crippen molar-refractivity contribution < 1.29 is 18.7 Å². The zero-order valence-corrected chi connectivity index (χ0v) is 18.8. The second kappa shape index (κ2) is 9.48. The first-order chi connectivity index (χ1) is 15.6. The van der Waals surface area contributed by atoms with Crippen LogP contribution < -0.4 is 0 Å². The standard InChI is InChI=1S/C25H34FN3O3/c26-20-8-2-1-7-18(20)15-29-16-19(13-23(30)27-9-3-4-10-27)25-21(29)17-32-22(25)14-24(31)28-11-5-6-12-28/h1-2,7-8,19,21-22,25H,3-6,9-17H2/t19-,21-,22+,25-/m1/s1. The highest BCUT2D eigenvalue weighted by Crippen LogP contribution is 2.43. The first kappa shape index (κ1) is 21.8. The molecule has 4 aliphatic heterocycles. The van der Waals surface area contributed by atoms with Gasteiger partial charge in [-0.1, -0.05) is 18.2 Å². The fraction of sp³-hybridized carbons (Fsp3) is 0.680. The Kier molecular flexibility index (Phi) is 6.47. The summed E-state index contributed by atoms with van der Waals surface area (Å²) in [7, 11) is 0. The van der Waals surface area contributed by atoms with Gasteiger partial charge in [-0.2, -0.15) is 0 Å². The lowest BCUT2D eigenvalue weighted by atomic mass is 9.84. The number of hydrogen-bond acceptors (Lipinski definition) is 4. The summed E-state index contributed by atoms with van der Waals surface area (Å²) >= 11 is 0. The zero-order valence-electron chi connectivity index (χ0n) is 18.8. The van der Waals surface area contributed by atoms with Gasteiger partial charge >= 0.3 is 0 Å². The van der Waals surface area contributed by atoms with Gasteiger partial charge in [0.15, 0.2) is 0 Å². The zero-order chi connectivity index (χ0) is 22.1. The molecule has 1 aromatic rings. The molecule has 4 heterocycles. The van der Waals surface area contributed by atoms with Gasteiger partial charge in [-0.3, -0.25) is 14.5 Å². The maximum absolute atomic E-state index is 14.4. The van der Waals surface area contributed by atoms with E-state index in [0.29, 0.717) is 31.6 Å². The Morgan fingerprint density at radius 1 is 0.938 bits per heavy atom. The Bertz CT molecular complexity index is 837. The van der Waals surface area contributed by atoms with Crippen LogP contribution in [-0.2, 0) is 20.9 Å². The smallest absolute Gasteiger partial charge is 0.225 e. The Hall–Kier alpha value is -1.99. The molecule has 4 atom stereocenters. The molecule has 1 aromatic carbocycles. The molecule has 0 N–H and O–H groups in total. The number of fused-ring (bicyclic) bond motifs is 1. The van der Waals surface area contributed by atoms with Crippen molar-refractivity contribution in [3.63, 3.8) is 0 Å². The summed E-state index contributed by atoms with van der Waals surface area (Å²) in [6.07, 6.45) is 5.04. The largest absolute Gasteiger partial charge is 0.376 e. The van der Waals surface area contributed by atoms with E-state index >= 15 is 0 Å². The molecule has 4 aliphatic rings. The van der Waals surface area contributed by atoms with E-state index in [2.05, 4.69) is 4.90 Å². The lowest BCUT2D eigenvalue weighted by Crippen LogP contribution is -2.37.